The maximum absolute atomic E-state index is 13.1. The molecule has 0 radical (unpaired) electrons. The predicted octanol–water partition coefficient (Wildman–Crippen LogP) is 4.49. The molecule has 2 aromatic carbocycles. The molecule has 5 rings (SSSR count). The van der Waals surface area contributed by atoms with Gasteiger partial charge in [-0.2, -0.15) is 4.31 Å². The SMILES string of the molecule is O=S(=O)(c1ccc(SCc2nc3ccccc3s2)nc1)N1CCN(Cc2ccccc2)CC1. The second-order valence-electron chi connectivity index (χ2n) is 7.86. The van der Waals surface area contributed by atoms with E-state index in [1.807, 2.05) is 36.4 Å². The number of rotatable bonds is 7. The average Bonchev–Trinajstić information content (AvgIpc) is 3.27. The van der Waals surface area contributed by atoms with Crippen molar-refractivity contribution >= 4 is 43.3 Å². The van der Waals surface area contributed by atoms with E-state index >= 15 is 0 Å². The van der Waals surface area contributed by atoms with Crippen LogP contribution in [0, 0.1) is 0 Å². The van der Waals surface area contributed by atoms with Gasteiger partial charge >= 0.3 is 0 Å². The highest BCUT2D eigenvalue weighted by atomic mass is 32.2. The Morgan fingerprint density at radius 1 is 0.909 bits per heavy atom. The molecule has 0 N–H and O–H groups in total. The Morgan fingerprint density at radius 3 is 2.39 bits per heavy atom. The van der Waals surface area contributed by atoms with Crippen LogP contribution in [-0.4, -0.2) is 53.8 Å². The van der Waals surface area contributed by atoms with E-state index in [-0.39, 0.29) is 4.90 Å². The molecule has 0 bridgehead atoms. The third kappa shape index (κ3) is 5.28. The van der Waals surface area contributed by atoms with Gasteiger partial charge in [0.1, 0.15) is 9.90 Å². The zero-order chi connectivity index (χ0) is 22.7. The molecule has 1 fully saturated rings. The van der Waals surface area contributed by atoms with Crippen molar-refractivity contribution in [3.63, 3.8) is 0 Å². The van der Waals surface area contributed by atoms with E-state index in [9.17, 15) is 8.42 Å². The number of pyridine rings is 1. The van der Waals surface area contributed by atoms with Gasteiger partial charge < -0.3 is 0 Å². The van der Waals surface area contributed by atoms with Crippen LogP contribution in [0.3, 0.4) is 0 Å². The van der Waals surface area contributed by atoms with Crippen molar-refractivity contribution in [3.8, 4) is 0 Å². The van der Waals surface area contributed by atoms with E-state index in [0.717, 1.165) is 35.2 Å². The molecule has 6 nitrogen and oxygen atoms in total. The molecule has 0 amide bonds. The van der Waals surface area contributed by atoms with Crippen LogP contribution in [0.1, 0.15) is 10.6 Å². The first kappa shape index (κ1) is 22.5. The molecule has 0 spiro atoms. The van der Waals surface area contributed by atoms with E-state index in [1.54, 1.807) is 39.5 Å². The van der Waals surface area contributed by atoms with E-state index in [1.165, 1.54) is 16.5 Å². The van der Waals surface area contributed by atoms with Crippen molar-refractivity contribution < 1.29 is 8.42 Å². The summed E-state index contributed by atoms with van der Waals surface area (Å²) in [7, 11) is -3.53. The number of nitrogens with zero attached hydrogens (tertiary/aromatic N) is 4. The fourth-order valence-corrected chi connectivity index (χ4v) is 7.01. The molecule has 0 aliphatic carbocycles. The summed E-state index contributed by atoms with van der Waals surface area (Å²) in [5.41, 5.74) is 2.26. The summed E-state index contributed by atoms with van der Waals surface area (Å²) in [5, 5.41) is 1.83. The second-order valence-corrected chi connectivity index (χ2v) is 11.9. The Balaban J connectivity index is 1.17. The fraction of sp³-hybridized carbons (Fsp3) is 0.250. The quantitative estimate of drug-likeness (QED) is 0.351. The zero-order valence-corrected chi connectivity index (χ0v) is 20.5. The van der Waals surface area contributed by atoms with Crippen LogP contribution in [0.25, 0.3) is 10.2 Å². The van der Waals surface area contributed by atoms with Crippen molar-refractivity contribution in [3.05, 3.63) is 83.5 Å². The van der Waals surface area contributed by atoms with Gasteiger partial charge in [-0.05, 0) is 29.8 Å². The summed E-state index contributed by atoms with van der Waals surface area (Å²) in [6, 6.07) is 21.8. The molecule has 9 heteroatoms. The molecule has 33 heavy (non-hydrogen) atoms. The lowest BCUT2D eigenvalue weighted by Gasteiger charge is -2.33. The molecule has 3 heterocycles. The lowest BCUT2D eigenvalue weighted by molar-refractivity contribution is 0.181. The topological polar surface area (TPSA) is 66.4 Å². The van der Waals surface area contributed by atoms with Gasteiger partial charge in [0.15, 0.2) is 0 Å². The highest BCUT2D eigenvalue weighted by Crippen LogP contribution is 2.28. The lowest BCUT2D eigenvalue weighted by atomic mass is 10.2. The molecule has 2 aromatic heterocycles. The third-order valence-corrected chi connectivity index (χ3v) is 9.67. The number of benzene rings is 2. The van der Waals surface area contributed by atoms with Crippen molar-refractivity contribution in [1.82, 2.24) is 19.2 Å². The Labute approximate surface area is 202 Å². The molecule has 4 aromatic rings. The van der Waals surface area contributed by atoms with Crippen molar-refractivity contribution in [1.29, 1.82) is 0 Å². The Bertz CT molecular complexity index is 1280. The number of sulfonamides is 1. The minimum atomic E-state index is -3.53. The van der Waals surface area contributed by atoms with Crippen LogP contribution < -0.4 is 0 Å². The van der Waals surface area contributed by atoms with Crippen LogP contribution >= 0.6 is 23.1 Å². The first-order valence-electron chi connectivity index (χ1n) is 10.8. The van der Waals surface area contributed by atoms with Gasteiger partial charge in [0.25, 0.3) is 0 Å². The zero-order valence-electron chi connectivity index (χ0n) is 18.0. The minimum Gasteiger partial charge on any atom is -0.296 e. The number of para-hydroxylation sites is 1. The first-order valence-corrected chi connectivity index (χ1v) is 14.0. The lowest BCUT2D eigenvalue weighted by Crippen LogP contribution is -2.48. The van der Waals surface area contributed by atoms with Gasteiger partial charge in [0, 0.05) is 38.9 Å². The molecule has 1 aliphatic heterocycles. The van der Waals surface area contributed by atoms with Crippen LogP contribution in [0.4, 0.5) is 0 Å². The highest BCUT2D eigenvalue weighted by molar-refractivity contribution is 7.98. The summed E-state index contributed by atoms with van der Waals surface area (Å²) < 4.78 is 28.9. The number of piperazine rings is 1. The molecule has 1 aliphatic rings. The molecule has 0 atom stereocenters. The summed E-state index contributed by atoms with van der Waals surface area (Å²) >= 11 is 3.24. The van der Waals surface area contributed by atoms with E-state index < -0.39 is 10.0 Å². The van der Waals surface area contributed by atoms with Gasteiger partial charge in [0.05, 0.1) is 21.0 Å². The minimum absolute atomic E-state index is 0.253. The Hall–Kier alpha value is -2.30. The maximum atomic E-state index is 13.1. The molecular formula is C24H24N4O2S3. The number of aromatic nitrogens is 2. The summed E-state index contributed by atoms with van der Waals surface area (Å²) in [5.74, 6) is 0.710. The number of hydrogen-bond acceptors (Lipinski definition) is 7. The average molecular weight is 497 g/mol. The van der Waals surface area contributed by atoms with Gasteiger partial charge in [-0.15, -0.1) is 11.3 Å². The summed E-state index contributed by atoms with van der Waals surface area (Å²) in [4.78, 5) is 11.6. The number of fused-ring (bicyclic) bond motifs is 1. The predicted molar refractivity (Wildman–Crippen MR) is 134 cm³/mol. The molecule has 170 valence electrons. The van der Waals surface area contributed by atoms with E-state index in [2.05, 4.69) is 33.1 Å². The molecule has 0 unspecified atom stereocenters. The summed E-state index contributed by atoms with van der Waals surface area (Å²) in [6.07, 6.45) is 1.48. The Morgan fingerprint density at radius 2 is 1.67 bits per heavy atom. The molecular weight excluding hydrogens is 472 g/mol. The molecule has 0 saturated carbocycles. The van der Waals surface area contributed by atoms with Crippen LogP contribution in [0.2, 0.25) is 0 Å². The van der Waals surface area contributed by atoms with Gasteiger partial charge in [-0.25, -0.2) is 18.4 Å². The first-order chi connectivity index (χ1) is 16.1. The highest BCUT2D eigenvalue weighted by Gasteiger charge is 2.28. The van der Waals surface area contributed by atoms with E-state index in [0.29, 0.717) is 18.8 Å². The smallest absolute Gasteiger partial charge is 0.244 e. The van der Waals surface area contributed by atoms with Crippen LogP contribution in [-0.2, 0) is 22.3 Å². The largest absolute Gasteiger partial charge is 0.296 e. The van der Waals surface area contributed by atoms with Gasteiger partial charge in [0.2, 0.25) is 10.0 Å². The molecule has 1 saturated heterocycles. The van der Waals surface area contributed by atoms with Crippen LogP contribution in [0.5, 0.6) is 0 Å². The standard InChI is InChI=1S/C24H24N4O2S3/c29-33(30,28-14-12-27(13-15-28)17-19-6-2-1-3-7-19)20-10-11-23(25-16-20)31-18-24-26-21-8-4-5-9-22(21)32-24/h1-11,16H,12-15,17-18H2. The van der Waals surface area contributed by atoms with Gasteiger partial charge in [-0.3, -0.25) is 4.90 Å². The summed E-state index contributed by atoms with van der Waals surface area (Å²) in [6.45, 7) is 3.26. The van der Waals surface area contributed by atoms with Crippen molar-refractivity contribution in [2.24, 2.45) is 0 Å². The van der Waals surface area contributed by atoms with E-state index in [4.69, 9.17) is 0 Å². The number of thiazole rings is 1. The fourth-order valence-electron chi connectivity index (χ4n) is 3.84. The number of thioether (sulfide) groups is 1. The maximum Gasteiger partial charge on any atom is 0.244 e. The normalized spacial score (nSPS) is 15.8. The third-order valence-electron chi connectivity index (χ3n) is 5.61. The Kier molecular flexibility index (Phi) is 6.75. The number of hydrogen-bond donors (Lipinski definition) is 0. The monoisotopic (exact) mass is 496 g/mol. The van der Waals surface area contributed by atoms with Crippen molar-refractivity contribution in [2.45, 2.75) is 22.2 Å². The van der Waals surface area contributed by atoms with Gasteiger partial charge in [-0.1, -0.05) is 54.2 Å². The second kappa shape index (κ2) is 9.90. The van der Waals surface area contributed by atoms with Crippen molar-refractivity contribution in [2.75, 3.05) is 26.2 Å². The van der Waals surface area contributed by atoms with Crippen LogP contribution in [0.15, 0.2) is 82.8 Å².